The molecule has 1 saturated heterocycles. The number of nitrogens with zero attached hydrogens (tertiary/aromatic N) is 2. The fourth-order valence-electron chi connectivity index (χ4n) is 2.51. The van der Waals surface area contributed by atoms with Crippen LogP contribution in [0.1, 0.15) is 32.3 Å². The number of hydrogen-bond acceptors (Lipinski definition) is 4. The SMILES string of the molecule is CCCNc1ccc(CN2CCNC(=O)C2CC)cn1. The Labute approximate surface area is 120 Å². The van der Waals surface area contributed by atoms with Crippen LogP contribution in [0.5, 0.6) is 0 Å². The molecule has 0 aromatic carbocycles. The van der Waals surface area contributed by atoms with E-state index < -0.39 is 0 Å². The first-order valence-electron chi connectivity index (χ1n) is 7.45. The minimum absolute atomic E-state index is 0.0124. The molecule has 5 nitrogen and oxygen atoms in total. The fraction of sp³-hybridized carbons (Fsp3) is 0.600. The normalized spacial score (nSPS) is 19.7. The molecule has 2 heterocycles. The van der Waals surface area contributed by atoms with Gasteiger partial charge in [0.2, 0.25) is 5.91 Å². The first kappa shape index (κ1) is 14.8. The number of carbonyl (C=O) groups is 1. The molecule has 0 aliphatic carbocycles. The van der Waals surface area contributed by atoms with Crippen molar-refractivity contribution < 1.29 is 4.79 Å². The van der Waals surface area contributed by atoms with Gasteiger partial charge in [-0.25, -0.2) is 4.98 Å². The van der Waals surface area contributed by atoms with Crippen LogP contribution in [0.25, 0.3) is 0 Å². The van der Waals surface area contributed by atoms with E-state index in [0.717, 1.165) is 50.4 Å². The predicted molar refractivity (Wildman–Crippen MR) is 80.5 cm³/mol. The van der Waals surface area contributed by atoms with E-state index in [-0.39, 0.29) is 11.9 Å². The standard InChI is InChI=1S/C15H24N4O/c1-3-7-16-14-6-5-12(10-18-14)11-19-9-8-17-15(20)13(19)4-2/h5-6,10,13H,3-4,7-9,11H2,1-2H3,(H,16,18)(H,17,20). The number of carbonyl (C=O) groups excluding carboxylic acids is 1. The molecule has 1 fully saturated rings. The Morgan fingerprint density at radius 2 is 2.30 bits per heavy atom. The summed E-state index contributed by atoms with van der Waals surface area (Å²) in [6, 6.07) is 4.09. The van der Waals surface area contributed by atoms with Gasteiger partial charge >= 0.3 is 0 Å². The molecule has 1 aromatic rings. The van der Waals surface area contributed by atoms with Crippen molar-refractivity contribution in [1.29, 1.82) is 0 Å². The Balaban J connectivity index is 1.96. The largest absolute Gasteiger partial charge is 0.370 e. The first-order valence-corrected chi connectivity index (χ1v) is 7.45. The van der Waals surface area contributed by atoms with Gasteiger partial charge in [0.1, 0.15) is 5.82 Å². The monoisotopic (exact) mass is 276 g/mol. The third kappa shape index (κ3) is 3.70. The van der Waals surface area contributed by atoms with E-state index in [1.54, 1.807) is 0 Å². The van der Waals surface area contributed by atoms with E-state index in [2.05, 4.69) is 40.4 Å². The molecule has 20 heavy (non-hydrogen) atoms. The summed E-state index contributed by atoms with van der Waals surface area (Å²) >= 11 is 0. The molecule has 0 spiro atoms. The number of nitrogens with one attached hydrogen (secondary N) is 2. The summed E-state index contributed by atoms with van der Waals surface area (Å²) in [5.74, 6) is 1.06. The molecule has 2 N–H and O–H groups in total. The molecule has 1 aliphatic heterocycles. The van der Waals surface area contributed by atoms with Gasteiger partial charge in [-0.1, -0.05) is 19.9 Å². The number of aromatic nitrogens is 1. The predicted octanol–water partition coefficient (Wildman–Crippen LogP) is 1.61. The zero-order valence-corrected chi connectivity index (χ0v) is 12.4. The Morgan fingerprint density at radius 3 is 2.95 bits per heavy atom. The summed E-state index contributed by atoms with van der Waals surface area (Å²) < 4.78 is 0. The number of hydrogen-bond donors (Lipinski definition) is 2. The zero-order chi connectivity index (χ0) is 14.4. The van der Waals surface area contributed by atoms with Gasteiger partial charge in [0.15, 0.2) is 0 Å². The summed E-state index contributed by atoms with van der Waals surface area (Å²) in [6.45, 7) is 7.55. The maximum Gasteiger partial charge on any atom is 0.237 e. The summed E-state index contributed by atoms with van der Waals surface area (Å²) in [6.07, 6.45) is 3.83. The van der Waals surface area contributed by atoms with Gasteiger partial charge in [-0.3, -0.25) is 9.69 Å². The number of piperazine rings is 1. The molecule has 1 aliphatic rings. The topological polar surface area (TPSA) is 57.3 Å². The fourth-order valence-corrected chi connectivity index (χ4v) is 2.51. The van der Waals surface area contributed by atoms with E-state index >= 15 is 0 Å². The molecule has 5 heteroatoms. The third-order valence-electron chi connectivity index (χ3n) is 3.59. The number of pyridine rings is 1. The minimum atomic E-state index is -0.0124. The summed E-state index contributed by atoms with van der Waals surface area (Å²) in [4.78, 5) is 18.5. The van der Waals surface area contributed by atoms with Crippen molar-refractivity contribution >= 4 is 11.7 Å². The van der Waals surface area contributed by atoms with E-state index in [9.17, 15) is 4.79 Å². The van der Waals surface area contributed by atoms with Crippen molar-refractivity contribution in [3.05, 3.63) is 23.9 Å². The summed E-state index contributed by atoms with van der Waals surface area (Å²) in [7, 11) is 0. The van der Waals surface area contributed by atoms with Gasteiger partial charge in [0.25, 0.3) is 0 Å². The second-order valence-electron chi connectivity index (χ2n) is 5.16. The molecular formula is C15H24N4O. The highest BCUT2D eigenvalue weighted by Gasteiger charge is 2.27. The van der Waals surface area contributed by atoms with Gasteiger partial charge in [-0.2, -0.15) is 0 Å². The van der Waals surface area contributed by atoms with Gasteiger partial charge in [0.05, 0.1) is 6.04 Å². The summed E-state index contributed by atoms with van der Waals surface area (Å²) in [5, 5.41) is 6.19. The van der Waals surface area contributed by atoms with Crippen LogP contribution >= 0.6 is 0 Å². The number of rotatable bonds is 6. The molecule has 2 rings (SSSR count). The van der Waals surface area contributed by atoms with Crippen LogP contribution in [0, 0.1) is 0 Å². The minimum Gasteiger partial charge on any atom is -0.370 e. The molecule has 1 unspecified atom stereocenters. The van der Waals surface area contributed by atoms with E-state index in [1.807, 2.05) is 12.3 Å². The van der Waals surface area contributed by atoms with Gasteiger partial charge in [-0.15, -0.1) is 0 Å². The van der Waals surface area contributed by atoms with Crippen LogP contribution in [0.15, 0.2) is 18.3 Å². The highest BCUT2D eigenvalue weighted by Crippen LogP contribution is 2.14. The average Bonchev–Trinajstić information content (AvgIpc) is 2.47. The lowest BCUT2D eigenvalue weighted by Gasteiger charge is -2.34. The van der Waals surface area contributed by atoms with Crippen molar-refractivity contribution in [2.75, 3.05) is 25.0 Å². The molecule has 0 bridgehead atoms. The van der Waals surface area contributed by atoms with Crippen molar-refractivity contribution in [2.24, 2.45) is 0 Å². The second-order valence-corrected chi connectivity index (χ2v) is 5.16. The molecule has 1 amide bonds. The van der Waals surface area contributed by atoms with Crippen molar-refractivity contribution in [1.82, 2.24) is 15.2 Å². The lowest BCUT2D eigenvalue weighted by molar-refractivity contribution is -0.129. The van der Waals surface area contributed by atoms with Gasteiger partial charge in [0, 0.05) is 32.4 Å². The molecular weight excluding hydrogens is 252 g/mol. The third-order valence-corrected chi connectivity index (χ3v) is 3.59. The Hall–Kier alpha value is -1.62. The average molecular weight is 276 g/mol. The van der Waals surface area contributed by atoms with Crippen molar-refractivity contribution in [3.63, 3.8) is 0 Å². The van der Waals surface area contributed by atoms with E-state index in [0.29, 0.717) is 0 Å². The van der Waals surface area contributed by atoms with Crippen molar-refractivity contribution in [3.8, 4) is 0 Å². The van der Waals surface area contributed by atoms with Gasteiger partial charge < -0.3 is 10.6 Å². The zero-order valence-electron chi connectivity index (χ0n) is 12.4. The molecule has 1 aromatic heterocycles. The second kappa shape index (κ2) is 7.24. The van der Waals surface area contributed by atoms with E-state index in [4.69, 9.17) is 0 Å². The number of amides is 1. The quantitative estimate of drug-likeness (QED) is 0.829. The van der Waals surface area contributed by atoms with Crippen LogP contribution in [0.4, 0.5) is 5.82 Å². The number of anilines is 1. The highest BCUT2D eigenvalue weighted by atomic mass is 16.2. The van der Waals surface area contributed by atoms with E-state index in [1.165, 1.54) is 0 Å². The Kier molecular flexibility index (Phi) is 5.35. The van der Waals surface area contributed by atoms with Gasteiger partial charge in [-0.05, 0) is 24.5 Å². The maximum absolute atomic E-state index is 11.8. The lowest BCUT2D eigenvalue weighted by Crippen LogP contribution is -2.54. The van der Waals surface area contributed by atoms with Crippen LogP contribution < -0.4 is 10.6 Å². The first-order chi connectivity index (χ1) is 9.74. The maximum atomic E-state index is 11.8. The molecule has 1 atom stereocenters. The van der Waals surface area contributed by atoms with Crippen LogP contribution in [-0.2, 0) is 11.3 Å². The van der Waals surface area contributed by atoms with Crippen LogP contribution in [-0.4, -0.2) is 41.5 Å². The smallest absolute Gasteiger partial charge is 0.237 e. The summed E-state index contributed by atoms with van der Waals surface area (Å²) in [5.41, 5.74) is 1.15. The lowest BCUT2D eigenvalue weighted by atomic mass is 10.1. The molecule has 0 radical (unpaired) electrons. The Bertz CT molecular complexity index is 432. The highest BCUT2D eigenvalue weighted by molar-refractivity contribution is 5.82. The van der Waals surface area contributed by atoms with Crippen molar-refractivity contribution in [2.45, 2.75) is 39.3 Å². The Morgan fingerprint density at radius 1 is 1.45 bits per heavy atom. The molecule has 110 valence electrons. The van der Waals surface area contributed by atoms with Crippen LogP contribution in [0.3, 0.4) is 0 Å². The molecule has 0 saturated carbocycles. The van der Waals surface area contributed by atoms with Crippen LogP contribution in [0.2, 0.25) is 0 Å².